The first-order valence-corrected chi connectivity index (χ1v) is 7.89. The fourth-order valence-electron chi connectivity index (χ4n) is 1.94. The highest BCUT2D eigenvalue weighted by Crippen LogP contribution is 2.17. The van der Waals surface area contributed by atoms with E-state index in [0.717, 1.165) is 24.6 Å². The van der Waals surface area contributed by atoms with Crippen molar-refractivity contribution in [3.8, 4) is 0 Å². The minimum Gasteiger partial charge on any atom is -0.465 e. The molecule has 0 aliphatic carbocycles. The molecule has 1 aromatic heterocycles. The highest BCUT2D eigenvalue weighted by Gasteiger charge is 2.13. The summed E-state index contributed by atoms with van der Waals surface area (Å²) in [6.45, 7) is 6.08. The fourth-order valence-corrected chi connectivity index (χ4v) is 2.52. The van der Waals surface area contributed by atoms with Crippen molar-refractivity contribution in [3.05, 3.63) is 23.2 Å². The predicted octanol–water partition coefficient (Wildman–Crippen LogP) is 2.88. The van der Waals surface area contributed by atoms with Crippen molar-refractivity contribution in [2.45, 2.75) is 39.4 Å². The topological polar surface area (TPSA) is 28.4 Å². The highest BCUT2D eigenvalue weighted by atomic mass is 32.2. The summed E-state index contributed by atoms with van der Waals surface area (Å²) >= 11 is 1.91. The maximum absolute atomic E-state index is 5.81. The molecule has 3 nitrogen and oxygen atoms in total. The van der Waals surface area contributed by atoms with Gasteiger partial charge in [-0.15, -0.1) is 0 Å². The number of thioether (sulfide) groups is 1. The molecular weight excluding hydrogens is 244 g/mol. The molecule has 1 unspecified atom stereocenters. The van der Waals surface area contributed by atoms with Crippen LogP contribution in [0.3, 0.4) is 0 Å². The molecule has 0 bridgehead atoms. The van der Waals surface area contributed by atoms with Crippen LogP contribution < -0.4 is 5.32 Å². The summed E-state index contributed by atoms with van der Waals surface area (Å²) in [5.74, 6) is 3.31. The van der Waals surface area contributed by atoms with Gasteiger partial charge in [0.25, 0.3) is 0 Å². The molecule has 0 fully saturated rings. The summed E-state index contributed by atoms with van der Waals surface area (Å²) in [7, 11) is 4.13. The van der Waals surface area contributed by atoms with Gasteiger partial charge in [-0.05, 0) is 52.4 Å². The quantitative estimate of drug-likeness (QED) is 0.786. The van der Waals surface area contributed by atoms with Crippen LogP contribution in [0.25, 0.3) is 0 Å². The van der Waals surface area contributed by atoms with Gasteiger partial charge in [0.15, 0.2) is 0 Å². The second-order valence-corrected chi connectivity index (χ2v) is 5.86. The maximum Gasteiger partial charge on any atom is 0.118 e. The zero-order valence-corrected chi connectivity index (χ0v) is 13.1. The van der Waals surface area contributed by atoms with Gasteiger partial charge in [-0.1, -0.05) is 0 Å². The molecule has 4 heteroatoms. The molecule has 0 aliphatic rings. The number of nitrogens with one attached hydrogen (secondary N) is 1. The van der Waals surface area contributed by atoms with E-state index in [2.05, 4.69) is 36.5 Å². The Kier molecular flexibility index (Phi) is 6.82. The molecule has 0 saturated carbocycles. The van der Waals surface area contributed by atoms with E-state index >= 15 is 0 Å². The normalized spacial score (nSPS) is 13.2. The molecule has 0 spiro atoms. The van der Waals surface area contributed by atoms with Crippen molar-refractivity contribution >= 4 is 11.8 Å². The highest BCUT2D eigenvalue weighted by molar-refractivity contribution is 7.98. The third-order valence-electron chi connectivity index (χ3n) is 3.34. The van der Waals surface area contributed by atoms with E-state index in [4.69, 9.17) is 4.42 Å². The second kappa shape index (κ2) is 7.87. The molecule has 0 amide bonds. The molecule has 18 heavy (non-hydrogen) atoms. The Morgan fingerprint density at radius 3 is 2.83 bits per heavy atom. The standard InChI is InChI=1S/C14H26N2OS/c1-11(6-7-18-5)16(4)10-14-8-13(9-15-3)12(2)17-14/h8,11,15H,6-7,9-10H2,1-5H3. The van der Waals surface area contributed by atoms with Crippen molar-refractivity contribution < 1.29 is 4.42 Å². The number of hydrogen-bond donors (Lipinski definition) is 1. The maximum atomic E-state index is 5.81. The van der Waals surface area contributed by atoms with Gasteiger partial charge in [-0.25, -0.2) is 0 Å². The molecule has 1 N–H and O–H groups in total. The summed E-state index contributed by atoms with van der Waals surface area (Å²) < 4.78 is 5.81. The Bertz CT molecular complexity index is 352. The minimum absolute atomic E-state index is 0.593. The molecule has 104 valence electrons. The van der Waals surface area contributed by atoms with E-state index in [9.17, 15) is 0 Å². The van der Waals surface area contributed by atoms with Crippen LogP contribution >= 0.6 is 11.8 Å². The van der Waals surface area contributed by atoms with Crippen LogP contribution in [0, 0.1) is 6.92 Å². The van der Waals surface area contributed by atoms with E-state index in [-0.39, 0.29) is 0 Å². The first-order valence-electron chi connectivity index (χ1n) is 6.50. The minimum atomic E-state index is 0.593. The van der Waals surface area contributed by atoms with Crippen molar-refractivity contribution in [2.75, 3.05) is 26.1 Å². The van der Waals surface area contributed by atoms with Gasteiger partial charge in [0.1, 0.15) is 11.5 Å². The summed E-state index contributed by atoms with van der Waals surface area (Å²) in [6, 6.07) is 2.76. The van der Waals surface area contributed by atoms with Gasteiger partial charge in [0.2, 0.25) is 0 Å². The van der Waals surface area contributed by atoms with E-state index in [1.807, 2.05) is 25.7 Å². The zero-order chi connectivity index (χ0) is 13.5. The smallest absolute Gasteiger partial charge is 0.118 e. The van der Waals surface area contributed by atoms with Crippen LogP contribution in [-0.4, -0.2) is 37.0 Å². The first kappa shape index (κ1) is 15.6. The summed E-state index contributed by atoms with van der Waals surface area (Å²) in [5, 5.41) is 3.17. The lowest BCUT2D eigenvalue weighted by molar-refractivity contribution is 0.225. The Labute approximate surface area is 115 Å². The van der Waals surface area contributed by atoms with E-state index in [1.54, 1.807) is 0 Å². The Balaban J connectivity index is 2.53. The van der Waals surface area contributed by atoms with E-state index in [1.165, 1.54) is 17.7 Å². The van der Waals surface area contributed by atoms with Crippen LogP contribution in [0.1, 0.15) is 30.4 Å². The SMILES string of the molecule is CNCc1cc(CN(C)C(C)CCSC)oc1C. The Morgan fingerprint density at radius 2 is 2.22 bits per heavy atom. The van der Waals surface area contributed by atoms with Crippen molar-refractivity contribution in [1.82, 2.24) is 10.2 Å². The number of aryl methyl sites for hydroxylation is 1. The largest absolute Gasteiger partial charge is 0.465 e. The Hall–Kier alpha value is -0.450. The second-order valence-electron chi connectivity index (χ2n) is 4.87. The first-order chi connectivity index (χ1) is 8.58. The molecule has 1 heterocycles. The van der Waals surface area contributed by atoms with Gasteiger partial charge in [-0.2, -0.15) is 11.8 Å². The average Bonchev–Trinajstić information content (AvgIpc) is 2.67. The number of hydrogen-bond acceptors (Lipinski definition) is 4. The zero-order valence-electron chi connectivity index (χ0n) is 12.2. The molecule has 0 aromatic carbocycles. The number of nitrogens with zero attached hydrogens (tertiary/aromatic N) is 1. The van der Waals surface area contributed by atoms with Crippen molar-refractivity contribution in [3.63, 3.8) is 0 Å². The fraction of sp³-hybridized carbons (Fsp3) is 0.714. The predicted molar refractivity (Wildman–Crippen MR) is 80.1 cm³/mol. The lowest BCUT2D eigenvalue weighted by atomic mass is 10.2. The lowest BCUT2D eigenvalue weighted by Gasteiger charge is -2.23. The third kappa shape index (κ3) is 4.67. The van der Waals surface area contributed by atoms with Crippen LogP contribution in [0.4, 0.5) is 0 Å². The summed E-state index contributed by atoms with van der Waals surface area (Å²) in [5.41, 5.74) is 1.26. The van der Waals surface area contributed by atoms with Crippen LogP contribution in [0.5, 0.6) is 0 Å². The van der Waals surface area contributed by atoms with E-state index in [0.29, 0.717) is 6.04 Å². The van der Waals surface area contributed by atoms with Crippen LogP contribution in [0.15, 0.2) is 10.5 Å². The van der Waals surface area contributed by atoms with Gasteiger partial charge in [-0.3, -0.25) is 4.90 Å². The molecule has 1 rings (SSSR count). The van der Waals surface area contributed by atoms with E-state index < -0.39 is 0 Å². The molecular formula is C14H26N2OS. The molecule has 0 radical (unpaired) electrons. The molecule has 0 aliphatic heterocycles. The molecule has 1 aromatic rings. The van der Waals surface area contributed by atoms with Gasteiger partial charge < -0.3 is 9.73 Å². The summed E-state index contributed by atoms with van der Waals surface area (Å²) in [6.07, 6.45) is 3.38. The van der Waals surface area contributed by atoms with Gasteiger partial charge in [0.05, 0.1) is 6.54 Å². The number of furan rings is 1. The Morgan fingerprint density at radius 1 is 1.50 bits per heavy atom. The summed E-state index contributed by atoms with van der Waals surface area (Å²) in [4.78, 5) is 2.36. The van der Waals surface area contributed by atoms with Crippen LogP contribution in [0.2, 0.25) is 0 Å². The number of rotatable bonds is 8. The molecule has 1 atom stereocenters. The third-order valence-corrected chi connectivity index (χ3v) is 3.98. The van der Waals surface area contributed by atoms with Gasteiger partial charge in [0, 0.05) is 18.2 Å². The molecule has 0 saturated heterocycles. The average molecular weight is 270 g/mol. The van der Waals surface area contributed by atoms with Crippen LogP contribution in [-0.2, 0) is 13.1 Å². The monoisotopic (exact) mass is 270 g/mol. The van der Waals surface area contributed by atoms with Crippen molar-refractivity contribution in [1.29, 1.82) is 0 Å². The van der Waals surface area contributed by atoms with Gasteiger partial charge >= 0.3 is 0 Å². The van der Waals surface area contributed by atoms with Crippen molar-refractivity contribution in [2.24, 2.45) is 0 Å². The lowest BCUT2D eigenvalue weighted by Crippen LogP contribution is -2.28.